The van der Waals surface area contributed by atoms with E-state index in [9.17, 15) is 9.18 Å². The SMILES string of the molecule is C=Cc1nc2c(F)c(Br)c(Cl)cc2c(=O)[nH]1. The monoisotopic (exact) mass is 302 g/mol. The predicted molar refractivity (Wildman–Crippen MR) is 65.1 cm³/mol. The number of hydrogen-bond acceptors (Lipinski definition) is 2. The van der Waals surface area contributed by atoms with Gasteiger partial charge in [-0.05, 0) is 28.1 Å². The van der Waals surface area contributed by atoms with E-state index in [1.807, 2.05) is 0 Å². The lowest BCUT2D eigenvalue weighted by molar-refractivity contribution is 0.629. The summed E-state index contributed by atoms with van der Waals surface area (Å²) in [6.45, 7) is 3.46. The highest BCUT2D eigenvalue weighted by Crippen LogP contribution is 2.29. The van der Waals surface area contributed by atoms with Gasteiger partial charge >= 0.3 is 0 Å². The number of nitrogens with zero attached hydrogens (tertiary/aromatic N) is 1. The van der Waals surface area contributed by atoms with E-state index in [0.29, 0.717) is 0 Å². The van der Waals surface area contributed by atoms with Crippen LogP contribution in [0, 0.1) is 5.82 Å². The summed E-state index contributed by atoms with van der Waals surface area (Å²) in [7, 11) is 0. The van der Waals surface area contributed by atoms with E-state index in [1.54, 1.807) is 0 Å². The van der Waals surface area contributed by atoms with Crippen molar-refractivity contribution < 1.29 is 4.39 Å². The molecule has 0 aliphatic rings. The van der Waals surface area contributed by atoms with E-state index in [4.69, 9.17) is 11.6 Å². The van der Waals surface area contributed by atoms with Crippen molar-refractivity contribution in [1.29, 1.82) is 0 Å². The van der Waals surface area contributed by atoms with Gasteiger partial charge in [-0.25, -0.2) is 9.37 Å². The lowest BCUT2D eigenvalue weighted by atomic mass is 10.2. The highest BCUT2D eigenvalue weighted by Gasteiger charge is 2.14. The van der Waals surface area contributed by atoms with Crippen LogP contribution in [0.25, 0.3) is 17.0 Å². The summed E-state index contributed by atoms with van der Waals surface area (Å²) < 4.78 is 13.9. The Morgan fingerprint density at radius 2 is 2.31 bits per heavy atom. The molecule has 3 nitrogen and oxygen atoms in total. The van der Waals surface area contributed by atoms with Gasteiger partial charge in [0, 0.05) is 0 Å². The molecule has 0 bridgehead atoms. The van der Waals surface area contributed by atoms with Gasteiger partial charge in [0.15, 0.2) is 5.82 Å². The Morgan fingerprint density at radius 1 is 1.62 bits per heavy atom. The maximum atomic E-state index is 13.8. The number of aromatic nitrogens is 2. The molecule has 2 rings (SSSR count). The average molecular weight is 304 g/mol. The van der Waals surface area contributed by atoms with Crippen molar-refractivity contribution in [3.8, 4) is 0 Å². The van der Waals surface area contributed by atoms with Gasteiger partial charge < -0.3 is 4.98 Å². The predicted octanol–water partition coefficient (Wildman–Crippen LogP) is 3.12. The minimum Gasteiger partial charge on any atom is -0.306 e. The molecule has 0 spiro atoms. The first-order valence-corrected chi connectivity index (χ1v) is 5.41. The normalized spacial score (nSPS) is 10.7. The number of rotatable bonds is 1. The molecule has 1 heterocycles. The highest BCUT2D eigenvalue weighted by atomic mass is 79.9. The summed E-state index contributed by atoms with van der Waals surface area (Å²) in [4.78, 5) is 18.0. The molecule has 0 saturated carbocycles. The molecule has 0 fully saturated rings. The fourth-order valence-corrected chi connectivity index (χ4v) is 1.79. The number of halogens is 3. The Hall–Kier alpha value is -1.20. The molecule has 82 valence electrons. The fourth-order valence-electron chi connectivity index (χ4n) is 1.30. The summed E-state index contributed by atoms with van der Waals surface area (Å²) in [5.41, 5.74) is -0.483. The Labute approximate surface area is 103 Å². The molecule has 0 aliphatic carbocycles. The van der Waals surface area contributed by atoms with E-state index in [-0.39, 0.29) is 26.2 Å². The number of aromatic amines is 1. The number of hydrogen-bond donors (Lipinski definition) is 1. The smallest absolute Gasteiger partial charge is 0.259 e. The minimum atomic E-state index is -0.656. The Kier molecular flexibility index (Phi) is 2.82. The van der Waals surface area contributed by atoms with Crippen LogP contribution in [0.4, 0.5) is 4.39 Å². The number of H-pyrrole nitrogens is 1. The molecule has 0 amide bonds. The summed E-state index contributed by atoms with van der Waals surface area (Å²) >= 11 is 8.74. The summed E-state index contributed by atoms with van der Waals surface area (Å²) in [6, 6.07) is 1.36. The van der Waals surface area contributed by atoms with Crippen molar-refractivity contribution in [3.63, 3.8) is 0 Å². The quantitative estimate of drug-likeness (QED) is 0.823. The van der Waals surface area contributed by atoms with Gasteiger partial charge in [0.25, 0.3) is 5.56 Å². The van der Waals surface area contributed by atoms with Crippen LogP contribution in [-0.2, 0) is 0 Å². The molecule has 0 unspecified atom stereocenters. The minimum absolute atomic E-state index is 0.0325. The van der Waals surface area contributed by atoms with E-state index in [1.165, 1.54) is 12.1 Å². The first-order chi connectivity index (χ1) is 7.54. The maximum Gasteiger partial charge on any atom is 0.259 e. The molecule has 0 atom stereocenters. The third kappa shape index (κ3) is 1.66. The lowest BCUT2D eigenvalue weighted by Crippen LogP contribution is -2.10. The van der Waals surface area contributed by atoms with Gasteiger partial charge in [-0.2, -0.15) is 0 Å². The van der Waals surface area contributed by atoms with Crippen molar-refractivity contribution in [3.05, 3.63) is 44.1 Å². The summed E-state index contributed by atoms with van der Waals surface area (Å²) in [6.07, 6.45) is 1.34. The van der Waals surface area contributed by atoms with Crippen molar-refractivity contribution in [2.24, 2.45) is 0 Å². The third-order valence-corrected chi connectivity index (χ3v) is 3.35. The maximum absolute atomic E-state index is 13.8. The second-order valence-corrected chi connectivity index (χ2v) is 4.24. The molecule has 16 heavy (non-hydrogen) atoms. The zero-order valence-electron chi connectivity index (χ0n) is 7.85. The van der Waals surface area contributed by atoms with Crippen LogP contribution in [0.1, 0.15) is 5.82 Å². The number of fused-ring (bicyclic) bond motifs is 1. The molecular formula is C10H5BrClFN2O. The topological polar surface area (TPSA) is 45.8 Å². The van der Waals surface area contributed by atoms with Crippen molar-refractivity contribution in [2.75, 3.05) is 0 Å². The zero-order valence-corrected chi connectivity index (χ0v) is 10.2. The fraction of sp³-hybridized carbons (Fsp3) is 0. The van der Waals surface area contributed by atoms with E-state index in [0.717, 1.165) is 0 Å². The zero-order chi connectivity index (χ0) is 11.9. The van der Waals surface area contributed by atoms with Crippen LogP contribution >= 0.6 is 27.5 Å². The average Bonchev–Trinajstić information content (AvgIpc) is 2.27. The standard InChI is InChI=1S/C10H5BrClFN2O/c1-2-6-14-9-4(10(16)15-6)3-5(12)7(11)8(9)13/h2-3H,1H2,(H,14,15,16). The molecule has 0 radical (unpaired) electrons. The number of benzene rings is 1. The first kappa shape index (κ1) is 11.3. The molecule has 6 heteroatoms. The van der Waals surface area contributed by atoms with Crippen molar-refractivity contribution >= 4 is 44.5 Å². The second kappa shape index (κ2) is 3.99. The molecule has 2 aromatic rings. The van der Waals surface area contributed by atoms with Gasteiger partial charge in [0.1, 0.15) is 11.3 Å². The van der Waals surface area contributed by atoms with Gasteiger partial charge in [0.2, 0.25) is 0 Å². The van der Waals surface area contributed by atoms with E-state index >= 15 is 0 Å². The van der Waals surface area contributed by atoms with Crippen LogP contribution in [0.2, 0.25) is 5.02 Å². The first-order valence-electron chi connectivity index (χ1n) is 4.24. The third-order valence-electron chi connectivity index (χ3n) is 2.05. The summed E-state index contributed by atoms with van der Waals surface area (Å²) in [5, 5.41) is 0.236. The Balaban J connectivity index is 3.02. The van der Waals surface area contributed by atoms with E-state index in [2.05, 4.69) is 32.5 Å². The van der Waals surface area contributed by atoms with E-state index < -0.39 is 11.4 Å². The molecule has 1 N–H and O–H groups in total. The van der Waals surface area contributed by atoms with Gasteiger partial charge in [-0.15, -0.1) is 0 Å². The lowest BCUT2D eigenvalue weighted by Gasteiger charge is -2.03. The van der Waals surface area contributed by atoms with Gasteiger partial charge in [-0.3, -0.25) is 4.79 Å². The Morgan fingerprint density at radius 3 is 2.94 bits per heavy atom. The van der Waals surface area contributed by atoms with Crippen LogP contribution in [0.3, 0.4) is 0 Å². The number of nitrogens with one attached hydrogen (secondary N) is 1. The van der Waals surface area contributed by atoms with Crippen LogP contribution in [0.5, 0.6) is 0 Å². The highest BCUT2D eigenvalue weighted by molar-refractivity contribution is 9.10. The van der Waals surface area contributed by atoms with Gasteiger partial charge in [0.05, 0.1) is 14.9 Å². The molecular weight excluding hydrogens is 298 g/mol. The molecule has 0 saturated heterocycles. The molecule has 1 aromatic carbocycles. The largest absolute Gasteiger partial charge is 0.306 e. The van der Waals surface area contributed by atoms with Crippen LogP contribution in [-0.4, -0.2) is 9.97 Å². The van der Waals surface area contributed by atoms with Crippen molar-refractivity contribution in [2.45, 2.75) is 0 Å². The van der Waals surface area contributed by atoms with Gasteiger partial charge in [-0.1, -0.05) is 18.2 Å². The van der Waals surface area contributed by atoms with Crippen molar-refractivity contribution in [1.82, 2.24) is 9.97 Å². The van der Waals surface area contributed by atoms with Crippen LogP contribution < -0.4 is 5.56 Å². The molecule has 1 aromatic heterocycles. The second-order valence-electron chi connectivity index (χ2n) is 3.04. The van der Waals surface area contributed by atoms with Crippen LogP contribution in [0.15, 0.2) is 21.9 Å². The molecule has 0 aliphatic heterocycles. The summed E-state index contributed by atoms with van der Waals surface area (Å²) in [5.74, 6) is -0.442. The Bertz CT molecular complexity index is 653.